The molecule has 2 aromatic carbocycles. The van der Waals surface area contributed by atoms with E-state index in [0.29, 0.717) is 12.5 Å². The molecule has 0 aliphatic carbocycles. The van der Waals surface area contributed by atoms with Gasteiger partial charge in [-0.15, -0.1) is 0 Å². The first-order valence-corrected chi connectivity index (χ1v) is 7.69. The zero-order valence-electron chi connectivity index (χ0n) is 12.6. The SMILES string of the molecule is CC(C)CNCc1cc(Cl)ccc1OCc1ccccc1. The van der Waals surface area contributed by atoms with E-state index in [4.69, 9.17) is 16.3 Å². The second-order valence-electron chi connectivity index (χ2n) is 5.55. The van der Waals surface area contributed by atoms with Crippen molar-refractivity contribution in [2.45, 2.75) is 27.0 Å². The van der Waals surface area contributed by atoms with Gasteiger partial charge in [0.05, 0.1) is 0 Å². The molecular formula is C18H22ClNO. The van der Waals surface area contributed by atoms with Gasteiger partial charge in [-0.25, -0.2) is 0 Å². The molecule has 0 atom stereocenters. The molecule has 2 rings (SSSR count). The maximum atomic E-state index is 6.09. The van der Waals surface area contributed by atoms with Gasteiger partial charge < -0.3 is 10.1 Å². The lowest BCUT2D eigenvalue weighted by molar-refractivity contribution is 0.302. The number of hydrogen-bond donors (Lipinski definition) is 1. The Morgan fingerprint density at radius 3 is 2.57 bits per heavy atom. The van der Waals surface area contributed by atoms with Gasteiger partial charge in [0, 0.05) is 17.1 Å². The fourth-order valence-corrected chi connectivity index (χ4v) is 2.25. The highest BCUT2D eigenvalue weighted by Crippen LogP contribution is 2.24. The Morgan fingerprint density at radius 2 is 1.86 bits per heavy atom. The van der Waals surface area contributed by atoms with Crippen LogP contribution < -0.4 is 10.1 Å². The van der Waals surface area contributed by atoms with Crippen LogP contribution in [-0.2, 0) is 13.2 Å². The summed E-state index contributed by atoms with van der Waals surface area (Å²) in [7, 11) is 0. The van der Waals surface area contributed by atoms with Crippen molar-refractivity contribution in [3.05, 3.63) is 64.7 Å². The third kappa shape index (κ3) is 5.41. The Hall–Kier alpha value is -1.51. The van der Waals surface area contributed by atoms with Crippen molar-refractivity contribution >= 4 is 11.6 Å². The molecule has 3 heteroatoms. The Labute approximate surface area is 132 Å². The smallest absolute Gasteiger partial charge is 0.124 e. The Morgan fingerprint density at radius 1 is 1.10 bits per heavy atom. The van der Waals surface area contributed by atoms with Crippen LogP contribution in [0.2, 0.25) is 5.02 Å². The number of hydrogen-bond acceptors (Lipinski definition) is 2. The molecule has 0 amide bonds. The van der Waals surface area contributed by atoms with Gasteiger partial charge in [-0.2, -0.15) is 0 Å². The van der Waals surface area contributed by atoms with Crippen molar-refractivity contribution in [3.8, 4) is 5.75 Å². The molecule has 21 heavy (non-hydrogen) atoms. The average molecular weight is 304 g/mol. The molecule has 0 bridgehead atoms. The molecule has 0 spiro atoms. The van der Waals surface area contributed by atoms with Crippen molar-refractivity contribution in [1.82, 2.24) is 5.32 Å². The molecule has 112 valence electrons. The minimum absolute atomic E-state index is 0.569. The molecule has 0 saturated heterocycles. The van der Waals surface area contributed by atoms with Gasteiger partial charge in [0.2, 0.25) is 0 Å². The van der Waals surface area contributed by atoms with E-state index in [2.05, 4.69) is 31.3 Å². The minimum atomic E-state index is 0.569. The minimum Gasteiger partial charge on any atom is -0.489 e. The third-order valence-electron chi connectivity index (χ3n) is 3.13. The Balaban J connectivity index is 2.00. The largest absolute Gasteiger partial charge is 0.489 e. The van der Waals surface area contributed by atoms with Crippen LogP contribution in [-0.4, -0.2) is 6.54 Å². The van der Waals surface area contributed by atoms with Gasteiger partial charge in [0.25, 0.3) is 0 Å². The van der Waals surface area contributed by atoms with Gasteiger partial charge in [-0.05, 0) is 36.2 Å². The van der Waals surface area contributed by atoms with E-state index >= 15 is 0 Å². The Kier molecular flexibility index (Phi) is 6.09. The summed E-state index contributed by atoms with van der Waals surface area (Å²) in [5, 5.41) is 4.17. The zero-order chi connectivity index (χ0) is 15.1. The van der Waals surface area contributed by atoms with Gasteiger partial charge in [-0.3, -0.25) is 0 Å². The van der Waals surface area contributed by atoms with E-state index in [1.54, 1.807) is 0 Å². The number of rotatable bonds is 7. The third-order valence-corrected chi connectivity index (χ3v) is 3.36. The number of ether oxygens (including phenoxy) is 1. The van der Waals surface area contributed by atoms with Gasteiger partial charge in [0.15, 0.2) is 0 Å². The first-order chi connectivity index (χ1) is 10.1. The number of halogens is 1. The maximum absolute atomic E-state index is 6.09. The van der Waals surface area contributed by atoms with Crippen molar-refractivity contribution in [1.29, 1.82) is 0 Å². The summed E-state index contributed by atoms with van der Waals surface area (Å²) >= 11 is 6.09. The first-order valence-electron chi connectivity index (χ1n) is 7.31. The fraction of sp³-hybridized carbons (Fsp3) is 0.333. The Bertz CT molecular complexity index is 554. The summed E-state index contributed by atoms with van der Waals surface area (Å²) in [5.41, 5.74) is 2.26. The van der Waals surface area contributed by atoms with Crippen molar-refractivity contribution in [2.75, 3.05) is 6.54 Å². The molecule has 0 saturated carbocycles. The standard InChI is InChI=1S/C18H22ClNO/c1-14(2)11-20-12-16-10-17(19)8-9-18(16)21-13-15-6-4-3-5-7-15/h3-10,14,20H,11-13H2,1-2H3. The van der Waals surface area contributed by atoms with Gasteiger partial charge >= 0.3 is 0 Å². The average Bonchev–Trinajstić information content (AvgIpc) is 2.47. The summed E-state index contributed by atoms with van der Waals surface area (Å²) in [6, 6.07) is 15.9. The van der Waals surface area contributed by atoms with Crippen molar-refractivity contribution < 1.29 is 4.74 Å². The van der Waals surface area contributed by atoms with Crippen LogP contribution in [0.15, 0.2) is 48.5 Å². The van der Waals surface area contributed by atoms with E-state index in [1.165, 1.54) is 0 Å². The number of nitrogens with one attached hydrogen (secondary N) is 1. The predicted molar refractivity (Wildman–Crippen MR) is 88.8 cm³/mol. The van der Waals surface area contributed by atoms with Crippen LogP contribution in [0, 0.1) is 5.92 Å². The molecule has 0 radical (unpaired) electrons. The van der Waals surface area contributed by atoms with Crippen LogP contribution in [0.3, 0.4) is 0 Å². The fourth-order valence-electron chi connectivity index (χ4n) is 2.06. The molecule has 0 aromatic heterocycles. The molecule has 0 unspecified atom stereocenters. The van der Waals surface area contributed by atoms with E-state index < -0.39 is 0 Å². The lowest BCUT2D eigenvalue weighted by Gasteiger charge is -2.14. The summed E-state index contributed by atoms with van der Waals surface area (Å²) in [6.07, 6.45) is 0. The van der Waals surface area contributed by atoms with E-state index in [0.717, 1.165) is 35.0 Å². The number of benzene rings is 2. The highest BCUT2D eigenvalue weighted by Gasteiger charge is 2.06. The maximum Gasteiger partial charge on any atom is 0.124 e. The van der Waals surface area contributed by atoms with E-state index in [-0.39, 0.29) is 0 Å². The van der Waals surface area contributed by atoms with Crippen molar-refractivity contribution in [2.24, 2.45) is 5.92 Å². The van der Waals surface area contributed by atoms with E-state index in [9.17, 15) is 0 Å². The van der Waals surface area contributed by atoms with Crippen molar-refractivity contribution in [3.63, 3.8) is 0 Å². The summed E-state index contributed by atoms with van der Waals surface area (Å²) in [4.78, 5) is 0. The monoisotopic (exact) mass is 303 g/mol. The molecule has 1 N–H and O–H groups in total. The molecule has 0 aliphatic heterocycles. The summed E-state index contributed by atoms with van der Waals surface area (Å²) in [6.45, 7) is 6.70. The molecule has 0 heterocycles. The lowest BCUT2D eigenvalue weighted by Crippen LogP contribution is -2.19. The highest BCUT2D eigenvalue weighted by molar-refractivity contribution is 6.30. The van der Waals surface area contributed by atoms with Gasteiger partial charge in [-0.1, -0.05) is 55.8 Å². The van der Waals surface area contributed by atoms with E-state index in [1.807, 2.05) is 36.4 Å². The van der Waals surface area contributed by atoms with Crippen LogP contribution >= 0.6 is 11.6 Å². The lowest BCUT2D eigenvalue weighted by atomic mass is 10.1. The topological polar surface area (TPSA) is 21.3 Å². The molecular weight excluding hydrogens is 282 g/mol. The summed E-state index contributed by atoms with van der Waals surface area (Å²) in [5.74, 6) is 1.51. The highest BCUT2D eigenvalue weighted by atomic mass is 35.5. The molecule has 2 nitrogen and oxygen atoms in total. The van der Waals surface area contributed by atoms with Crippen LogP contribution in [0.25, 0.3) is 0 Å². The summed E-state index contributed by atoms with van der Waals surface area (Å²) < 4.78 is 5.94. The van der Waals surface area contributed by atoms with Crippen LogP contribution in [0.5, 0.6) is 5.75 Å². The quantitative estimate of drug-likeness (QED) is 0.803. The molecule has 2 aromatic rings. The second-order valence-corrected chi connectivity index (χ2v) is 5.99. The van der Waals surface area contributed by atoms with Gasteiger partial charge in [0.1, 0.15) is 12.4 Å². The predicted octanol–water partition coefficient (Wildman–Crippen LogP) is 4.66. The molecule has 0 fully saturated rings. The second kappa shape index (κ2) is 8.06. The van der Waals surface area contributed by atoms with Crippen LogP contribution in [0.4, 0.5) is 0 Å². The first kappa shape index (κ1) is 15.9. The zero-order valence-corrected chi connectivity index (χ0v) is 13.4. The van der Waals surface area contributed by atoms with Crippen LogP contribution in [0.1, 0.15) is 25.0 Å². The molecule has 0 aliphatic rings. The normalized spacial score (nSPS) is 10.9.